The molecule has 294 valence electrons. The van der Waals surface area contributed by atoms with Crippen LogP contribution in [0.4, 0.5) is 0 Å². The van der Waals surface area contributed by atoms with Gasteiger partial charge in [0.2, 0.25) is 13.6 Å². The lowest BCUT2D eigenvalue weighted by atomic mass is 10.0. The fourth-order valence-corrected chi connectivity index (χ4v) is 7.39. The third kappa shape index (κ3) is 14.6. The van der Waals surface area contributed by atoms with E-state index in [1.807, 2.05) is 6.07 Å². The number of amides is 1. The molecule has 2 aromatic rings. The van der Waals surface area contributed by atoms with Crippen molar-refractivity contribution in [1.29, 1.82) is 0 Å². The zero-order chi connectivity index (χ0) is 38.6. The molecule has 2 heterocycles. The molecule has 0 aromatic heterocycles. The summed E-state index contributed by atoms with van der Waals surface area (Å²) in [6, 6.07) is 6.99. The molecule has 0 fully saturated rings. The number of unbranched alkanes of at least 4 members (excludes halogenated alkanes) is 2. The smallest absolute Gasteiger partial charge is 0.306 e. The number of fused-ring (bicyclic) bond motifs is 2. The van der Waals surface area contributed by atoms with Gasteiger partial charge in [-0.15, -0.1) is 23.5 Å². The second-order valence-electron chi connectivity index (χ2n) is 13.2. The Labute approximate surface area is 323 Å². The summed E-state index contributed by atoms with van der Waals surface area (Å²) in [4.78, 5) is 50.8. The molecule has 0 radical (unpaired) electrons. The minimum atomic E-state index is -0.191. The molecule has 2 aliphatic heterocycles. The lowest BCUT2D eigenvalue weighted by Crippen LogP contribution is -2.22. The number of hydrogen-bond donors (Lipinski definition) is 0. The molecule has 0 N–H and O–H groups in total. The molecule has 2 aliphatic rings. The number of benzene rings is 2. The SMILES string of the molecule is CCCCC(CC)COC(=O)CCSc1cc2c(cc1C(=O)N(C)C)OCO2.CCCCC(CC)COC(=O)CCSc1cc2c(cc1C=O)OCO2. The first-order valence-electron chi connectivity index (χ1n) is 18.7. The van der Waals surface area contributed by atoms with E-state index in [-0.39, 0.29) is 31.4 Å². The highest BCUT2D eigenvalue weighted by atomic mass is 32.2. The van der Waals surface area contributed by atoms with Gasteiger partial charge >= 0.3 is 11.9 Å². The predicted octanol–water partition coefficient (Wildman–Crippen LogP) is 8.83. The monoisotopic (exact) mass is 775 g/mol. The Balaban J connectivity index is 0.000000287. The van der Waals surface area contributed by atoms with Gasteiger partial charge in [0.25, 0.3) is 5.91 Å². The van der Waals surface area contributed by atoms with E-state index >= 15 is 0 Å². The van der Waals surface area contributed by atoms with Gasteiger partial charge in [-0.05, 0) is 48.9 Å². The highest BCUT2D eigenvalue weighted by molar-refractivity contribution is 7.99. The molecule has 11 nitrogen and oxygen atoms in total. The van der Waals surface area contributed by atoms with Gasteiger partial charge in [0.1, 0.15) is 0 Å². The van der Waals surface area contributed by atoms with E-state index in [1.165, 1.54) is 41.3 Å². The molecular weight excluding hydrogens is 719 g/mol. The Hall–Kier alpha value is -3.58. The van der Waals surface area contributed by atoms with Crippen LogP contribution < -0.4 is 18.9 Å². The normalized spacial score (nSPS) is 13.4. The van der Waals surface area contributed by atoms with Gasteiger partial charge < -0.3 is 33.3 Å². The topological polar surface area (TPSA) is 127 Å². The Morgan fingerprint density at radius 1 is 0.717 bits per heavy atom. The predicted molar refractivity (Wildman–Crippen MR) is 208 cm³/mol. The number of thioether (sulfide) groups is 2. The zero-order valence-corrected chi connectivity index (χ0v) is 33.8. The van der Waals surface area contributed by atoms with Gasteiger partial charge in [0.15, 0.2) is 29.3 Å². The van der Waals surface area contributed by atoms with Gasteiger partial charge in [0, 0.05) is 41.0 Å². The van der Waals surface area contributed by atoms with Crippen LogP contribution in [-0.2, 0) is 19.1 Å². The van der Waals surface area contributed by atoms with E-state index in [9.17, 15) is 19.2 Å². The summed E-state index contributed by atoms with van der Waals surface area (Å²) in [6.45, 7) is 9.92. The molecule has 53 heavy (non-hydrogen) atoms. The number of carbonyl (C=O) groups excluding carboxylic acids is 4. The number of esters is 2. The summed E-state index contributed by atoms with van der Waals surface area (Å²) >= 11 is 2.91. The Bertz CT molecular complexity index is 1480. The highest BCUT2D eigenvalue weighted by Gasteiger charge is 2.23. The van der Waals surface area contributed by atoms with Crippen molar-refractivity contribution in [3.05, 3.63) is 35.4 Å². The fraction of sp³-hybridized carbons (Fsp3) is 0.600. The summed E-state index contributed by atoms with van der Waals surface area (Å²) < 4.78 is 32.2. The van der Waals surface area contributed by atoms with Crippen LogP contribution in [0.2, 0.25) is 0 Å². The Morgan fingerprint density at radius 2 is 1.17 bits per heavy atom. The van der Waals surface area contributed by atoms with Gasteiger partial charge in [-0.1, -0.05) is 66.2 Å². The zero-order valence-electron chi connectivity index (χ0n) is 32.2. The quantitative estimate of drug-likeness (QED) is 0.0644. The third-order valence-corrected chi connectivity index (χ3v) is 11.0. The number of carbonyl (C=O) groups is 4. The van der Waals surface area contributed by atoms with E-state index in [0.29, 0.717) is 83.5 Å². The van der Waals surface area contributed by atoms with Crippen LogP contribution in [0, 0.1) is 11.8 Å². The molecule has 0 bridgehead atoms. The summed E-state index contributed by atoms with van der Waals surface area (Å²) in [5.41, 5.74) is 1.10. The molecule has 0 saturated heterocycles. The second kappa shape index (κ2) is 24.0. The second-order valence-corrected chi connectivity index (χ2v) is 15.4. The van der Waals surface area contributed by atoms with E-state index in [0.717, 1.165) is 54.6 Å². The maximum atomic E-state index is 12.5. The lowest BCUT2D eigenvalue weighted by molar-refractivity contribution is -0.145. The van der Waals surface area contributed by atoms with E-state index in [1.54, 1.807) is 32.3 Å². The van der Waals surface area contributed by atoms with Gasteiger partial charge in [-0.3, -0.25) is 19.2 Å². The van der Waals surface area contributed by atoms with Crippen molar-refractivity contribution in [2.45, 2.75) is 102 Å². The van der Waals surface area contributed by atoms with Crippen molar-refractivity contribution >= 4 is 47.7 Å². The summed E-state index contributed by atoms with van der Waals surface area (Å²) in [7, 11) is 3.42. The van der Waals surface area contributed by atoms with Crippen molar-refractivity contribution in [3.8, 4) is 23.0 Å². The number of aldehydes is 1. The summed E-state index contributed by atoms with van der Waals surface area (Å²) in [5, 5.41) is 0. The van der Waals surface area contributed by atoms with Crippen LogP contribution in [0.15, 0.2) is 34.1 Å². The Kier molecular flexibility index (Phi) is 19.8. The molecule has 1 amide bonds. The molecular formula is C40H57NO10S2. The molecule has 0 spiro atoms. The van der Waals surface area contributed by atoms with E-state index < -0.39 is 0 Å². The average Bonchev–Trinajstić information content (AvgIpc) is 3.83. The first-order valence-corrected chi connectivity index (χ1v) is 20.7. The maximum Gasteiger partial charge on any atom is 0.306 e. The molecule has 0 saturated carbocycles. The van der Waals surface area contributed by atoms with E-state index in [2.05, 4.69) is 27.7 Å². The first kappa shape index (κ1) is 43.8. The van der Waals surface area contributed by atoms with Crippen LogP contribution in [0.5, 0.6) is 23.0 Å². The van der Waals surface area contributed by atoms with Crippen LogP contribution in [0.3, 0.4) is 0 Å². The number of rotatable bonds is 22. The average molecular weight is 776 g/mol. The van der Waals surface area contributed by atoms with Gasteiger partial charge in [-0.2, -0.15) is 0 Å². The van der Waals surface area contributed by atoms with Crippen molar-refractivity contribution in [2.24, 2.45) is 11.8 Å². The highest BCUT2D eigenvalue weighted by Crippen LogP contribution is 2.40. The molecule has 2 unspecified atom stereocenters. The molecule has 4 rings (SSSR count). The minimum absolute atomic E-state index is 0.106. The van der Waals surface area contributed by atoms with Crippen molar-refractivity contribution in [2.75, 3.05) is 52.4 Å². The van der Waals surface area contributed by atoms with Crippen LogP contribution >= 0.6 is 23.5 Å². The minimum Gasteiger partial charge on any atom is -0.465 e. The Morgan fingerprint density at radius 3 is 1.62 bits per heavy atom. The standard InChI is InChI=1S/C21H31NO5S.C19H26O5S/c1-5-7-8-15(6-2)13-25-20(23)9-10-28-19-12-18-17(26-14-27-18)11-16(19)21(24)22(3)4;1-3-5-6-14(4-2)12-22-19(21)7-8-25-18-10-17-16(23-13-24-17)9-15(18)11-20/h11-12,15H,5-10,13-14H2,1-4H3;9-11,14H,3-8,12-13H2,1-2H3. The number of nitrogens with zero attached hydrogens (tertiary/aromatic N) is 1. The van der Waals surface area contributed by atoms with Gasteiger partial charge in [0.05, 0.1) is 31.6 Å². The molecule has 2 atom stereocenters. The van der Waals surface area contributed by atoms with Crippen molar-refractivity contribution in [3.63, 3.8) is 0 Å². The molecule has 0 aliphatic carbocycles. The summed E-state index contributed by atoms with van der Waals surface area (Å²) in [6.07, 6.45) is 10.3. The fourth-order valence-electron chi connectivity index (χ4n) is 5.46. The molecule has 13 heteroatoms. The van der Waals surface area contributed by atoms with Crippen molar-refractivity contribution in [1.82, 2.24) is 4.90 Å². The van der Waals surface area contributed by atoms with Crippen LogP contribution in [0.25, 0.3) is 0 Å². The number of hydrogen-bond acceptors (Lipinski definition) is 12. The number of ether oxygens (including phenoxy) is 6. The van der Waals surface area contributed by atoms with E-state index in [4.69, 9.17) is 28.4 Å². The maximum absolute atomic E-state index is 12.5. The first-order chi connectivity index (χ1) is 25.6. The van der Waals surface area contributed by atoms with Crippen LogP contribution in [0.1, 0.15) is 113 Å². The largest absolute Gasteiger partial charge is 0.465 e. The van der Waals surface area contributed by atoms with Crippen molar-refractivity contribution < 1.29 is 47.6 Å². The third-order valence-electron chi connectivity index (χ3n) is 8.92. The molecule has 2 aromatic carbocycles. The lowest BCUT2D eigenvalue weighted by Gasteiger charge is -2.15. The van der Waals surface area contributed by atoms with Crippen LogP contribution in [-0.4, -0.2) is 81.4 Å². The summed E-state index contributed by atoms with van der Waals surface area (Å²) in [5.74, 6) is 3.93. The van der Waals surface area contributed by atoms with Gasteiger partial charge in [-0.25, -0.2) is 0 Å².